The van der Waals surface area contributed by atoms with Gasteiger partial charge in [-0.3, -0.25) is 0 Å². The maximum absolute atomic E-state index is 6.02. The molecule has 0 unspecified atom stereocenters. The third kappa shape index (κ3) is 2.70. The number of ether oxygens (including phenoxy) is 1. The summed E-state index contributed by atoms with van der Waals surface area (Å²) in [4.78, 5) is 8.95. The van der Waals surface area contributed by atoms with Gasteiger partial charge in [-0.25, -0.2) is 9.97 Å². The first-order valence-corrected chi connectivity index (χ1v) is 6.85. The van der Waals surface area contributed by atoms with Crippen molar-refractivity contribution in [3.63, 3.8) is 0 Å². The number of nitrogens with two attached hydrogens (primary N) is 1. The maximum Gasteiger partial charge on any atom is 0.160 e. The molecular formula is C14H23N3O. The van der Waals surface area contributed by atoms with Crippen molar-refractivity contribution in [1.82, 2.24) is 9.97 Å². The first kappa shape index (κ1) is 13.4. The second-order valence-electron chi connectivity index (χ2n) is 5.23. The Morgan fingerprint density at radius 1 is 1.33 bits per heavy atom. The first-order chi connectivity index (χ1) is 8.70. The molecule has 1 aliphatic rings. The van der Waals surface area contributed by atoms with Crippen LogP contribution in [0.15, 0.2) is 12.4 Å². The van der Waals surface area contributed by atoms with Gasteiger partial charge in [0.1, 0.15) is 5.60 Å². The lowest BCUT2D eigenvalue weighted by molar-refractivity contribution is -0.0837. The lowest BCUT2D eigenvalue weighted by Crippen LogP contribution is -2.36. The topological polar surface area (TPSA) is 61.0 Å². The van der Waals surface area contributed by atoms with E-state index in [0.29, 0.717) is 13.2 Å². The fourth-order valence-corrected chi connectivity index (χ4v) is 2.63. The van der Waals surface area contributed by atoms with Gasteiger partial charge in [-0.2, -0.15) is 0 Å². The molecule has 0 radical (unpaired) electrons. The van der Waals surface area contributed by atoms with Crippen molar-refractivity contribution in [3.8, 4) is 0 Å². The van der Waals surface area contributed by atoms with Crippen LogP contribution in [0.5, 0.6) is 0 Å². The zero-order chi connectivity index (χ0) is 13.0. The summed E-state index contributed by atoms with van der Waals surface area (Å²) in [6.07, 6.45) is 8.04. The van der Waals surface area contributed by atoms with Crippen molar-refractivity contribution in [3.05, 3.63) is 23.8 Å². The highest BCUT2D eigenvalue weighted by Crippen LogP contribution is 2.40. The van der Waals surface area contributed by atoms with Gasteiger partial charge in [0.05, 0.1) is 0 Å². The van der Waals surface area contributed by atoms with E-state index in [2.05, 4.69) is 16.9 Å². The third-order valence-electron chi connectivity index (χ3n) is 3.85. The predicted octanol–water partition coefficient (Wildman–Crippen LogP) is 2.38. The molecule has 100 valence electrons. The molecule has 0 aliphatic heterocycles. The van der Waals surface area contributed by atoms with E-state index in [1.165, 1.54) is 12.8 Å². The highest BCUT2D eigenvalue weighted by atomic mass is 16.5. The maximum atomic E-state index is 6.02. The Bertz CT molecular complexity index is 369. The molecule has 1 aromatic rings. The van der Waals surface area contributed by atoms with Crippen LogP contribution in [-0.2, 0) is 16.9 Å². The minimum atomic E-state index is -0.269. The van der Waals surface area contributed by atoms with Gasteiger partial charge in [0.15, 0.2) is 5.82 Å². The quantitative estimate of drug-likeness (QED) is 0.890. The summed E-state index contributed by atoms with van der Waals surface area (Å²) in [5.74, 6) is 1.61. The summed E-state index contributed by atoms with van der Waals surface area (Å²) in [7, 11) is 0. The minimum absolute atomic E-state index is 0.269. The van der Waals surface area contributed by atoms with Gasteiger partial charge in [-0.15, -0.1) is 0 Å². The Morgan fingerprint density at radius 3 is 2.44 bits per heavy atom. The van der Waals surface area contributed by atoms with E-state index in [4.69, 9.17) is 10.5 Å². The van der Waals surface area contributed by atoms with E-state index in [1.807, 2.05) is 19.3 Å². The van der Waals surface area contributed by atoms with Crippen molar-refractivity contribution in [2.45, 2.75) is 51.7 Å². The smallest absolute Gasteiger partial charge is 0.160 e. The Kier molecular flexibility index (Phi) is 4.30. The van der Waals surface area contributed by atoms with Crippen LogP contribution in [0, 0.1) is 5.92 Å². The lowest BCUT2D eigenvalue weighted by Gasteiger charge is -2.37. The first-order valence-electron chi connectivity index (χ1n) is 6.85. The second kappa shape index (κ2) is 5.76. The van der Waals surface area contributed by atoms with Gasteiger partial charge in [-0.1, -0.05) is 6.92 Å². The van der Waals surface area contributed by atoms with Crippen LogP contribution < -0.4 is 5.73 Å². The molecule has 1 fully saturated rings. The second-order valence-corrected chi connectivity index (χ2v) is 5.23. The molecule has 2 rings (SSSR count). The largest absolute Gasteiger partial charge is 0.367 e. The third-order valence-corrected chi connectivity index (χ3v) is 3.85. The van der Waals surface area contributed by atoms with Crippen LogP contribution >= 0.6 is 0 Å². The SMILES string of the molecule is CCOC1(c2ncc(CN)cn2)CCC(C)CC1. The van der Waals surface area contributed by atoms with Crippen molar-refractivity contribution in [1.29, 1.82) is 0 Å². The normalized spacial score (nSPS) is 28.3. The molecule has 1 heterocycles. The summed E-state index contributed by atoms with van der Waals surface area (Å²) in [5, 5.41) is 0. The van der Waals surface area contributed by atoms with Crippen LogP contribution in [0.3, 0.4) is 0 Å². The van der Waals surface area contributed by atoms with Crippen LogP contribution in [0.25, 0.3) is 0 Å². The van der Waals surface area contributed by atoms with Gasteiger partial charge >= 0.3 is 0 Å². The van der Waals surface area contributed by atoms with E-state index in [0.717, 1.165) is 30.1 Å². The summed E-state index contributed by atoms with van der Waals surface area (Å²) < 4.78 is 6.02. The standard InChI is InChI=1S/C14H23N3O/c1-3-18-14(6-4-11(2)5-7-14)13-16-9-12(8-15)10-17-13/h9-11H,3-8,15H2,1-2H3. The molecule has 0 saturated heterocycles. The summed E-state index contributed by atoms with van der Waals surface area (Å²) >= 11 is 0. The summed E-state index contributed by atoms with van der Waals surface area (Å²) in [6.45, 7) is 5.53. The number of aromatic nitrogens is 2. The summed E-state index contributed by atoms with van der Waals surface area (Å²) in [6, 6.07) is 0. The monoisotopic (exact) mass is 249 g/mol. The number of hydrogen-bond acceptors (Lipinski definition) is 4. The van der Waals surface area contributed by atoms with E-state index < -0.39 is 0 Å². The van der Waals surface area contributed by atoms with Crippen molar-refractivity contribution >= 4 is 0 Å². The minimum Gasteiger partial charge on any atom is -0.367 e. The van der Waals surface area contributed by atoms with E-state index in [9.17, 15) is 0 Å². The molecule has 0 amide bonds. The average Bonchev–Trinajstić information content (AvgIpc) is 2.42. The lowest BCUT2D eigenvalue weighted by atomic mass is 9.79. The van der Waals surface area contributed by atoms with Crippen LogP contribution in [0.1, 0.15) is 50.9 Å². The predicted molar refractivity (Wildman–Crippen MR) is 70.9 cm³/mol. The molecule has 2 N–H and O–H groups in total. The molecule has 1 aromatic heterocycles. The molecule has 0 bridgehead atoms. The van der Waals surface area contributed by atoms with Gasteiger partial charge in [0.25, 0.3) is 0 Å². The van der Waals surface area contributed by atoms with Gasteiger partial charge in [0, 0.05) is 31.1 Å². The average molecular weight is 249 g/mol. The van der Waals surface area contributed by atoms with Gasteiger partial charge in [-0.05, 0) is 38.5 Å². The van der Waals surface area contributed by atoms with Gasteiger partial charge in [0.2, 0.25) is 0 Å². The Labute approximate surface area is 109 Å². The zero-order valence-electron chi connectivity index (χ0n) is 11.4. The highest BCUT2D eigenvalue weighted by Gasteiger charge is 2.39. The molecule has 0 aromatic carbocycles. The molecule has 1 aliphatic carbocycles. The van der Waals surface area contributed by atoms with Crippen LogP contribution in [0.2, 0.25) is 0 Å². The fourth-order valence-electron chi connectivity index (χ4n) is 2.63. The van der Waals surface area contributed by atoms with Crippen molar-refractivity contribution in [2.24, 2.45) is 11.7 Å². The van der Waals surface area contributed by atoms with Crippen LogP contribution in [-0.4, -0.2) is 16.6 Å². The molecule has 18 heavy (non-hydrogen) atoms. The molecule has 1 saturated carbocycles. The Hall–Kier alpha value is -1.00. The van der Waals surface area contributed by atoms with Gasteiger partial charge < -0.3 is 10.5 Å². The van der Waals surface area contributed by atoms with Crippen molar-refractivity contribution in [2.75, 3.05) is 6.61 Å². The Morgan fingerprint density at radius 2 is 1.94 bits per heavy atom. The molecule has 0 atom stereocenters. The number of nitrogens with zero attached hydrogens (tertiary/aromatic N) is 2. The molecule has 4 heteroatoms. The molecule has 0 spiro atoms. The summed E-state index contributed by atoms with van der Waals surface area (Å²) in [5.41, 5.74) is 6.27. The van der Waals surface area contributed by atoms with Crippen molar-refractivity contribution < 1.29 is 4.74 Å². The van der Waals surface area contributed by atoms with E-state index >= 15 is 0 Å². The Balaban J connectivity index is 2.22. The number of rotatable bonds is 4. The fraction of sp³-hybridized carbons (Fsp3) is 0.714. The number of hydrogen-bond donors (Lipinski definition) is 1. The highest BCUT2D eigenvalue weighted by molar-refractivity contribution is 5.10. The zero-order valence-corrected chi connectivity index (χ0v) is 11.4. The van der Waals surface area contributed by atoms with Crippen LogP contribution in [0.4, 0.5) is 0 Å². The van der Waals surface area contributed by atoms with E-state index in [1.54, 1.807) is 0 Å². The molecule has 4 nitrogen and oxygen atoms in total. The van der Waals surface area contributed by atoms with E-state index in [-0.39, 0.29) is 5.60 Å². The molecular weight excluding hydrogens is 226 g/mol.